The summed E-state index contributed by atoms with van der Waals surface area (Å²) in [7, 11) is 0. The molecule has 0 saturated heterocycles. The lowest BCUT2D eigenvalue weighted by Gasteiger charge is -2.13. The Morgan fingerprint density at radius 1 is 1.10 bits per heavy atom. The number of nitrogens with one attached hydrogen (secondary N) is 2. The third kappa shape index (κ3) is 4.06. The van der Waals surface area contributed by atoms with E-state index >= 15 is 0 Å². The molecule has 0 bridgehead atoms. The van der Waals surface area contributed by atoms with Crippen molar-refractivity contribution in [1.82, 2.24) is 25.5 Å². The molecule has 2 aromatic heterocycles. The lowest BCUT2D eigenvalue weighted by Crippen LogP contribution is -2.33. The minimum atomic E-state index is -0.357. The Hall–Kier alpha value is -3.60. The molecule has 30 heavy (non-hydrogen) atoms. The number of aromatic nitrogens is 3. The van der Waals surface area contributed by atoms with Crippen LogP contribution in [0, 0.1) is 0 Å². The van der Waals surface area contributed by atoms with Crippen molar-refractivity contribution in [2.75, 3.05) is 12.0 Å². The number of carbonyl (C=O) groups is 3. The monoisotopic (exact) mass is 470 g/mol. The highest BCUT2D eigenvalue weighted by Gasteiger charge is 2.35. The minimum Gasteiger partial charge on any atom is -0.313 e. The highest BCUT2D eigenvalue weighted by atomic mass is 79.9. The van der Waals surface area contributed by atoms with E-state index < -0.39 is 0 Å². The van der Waals surface area contributed by atoms with Gasteiger partial charge in [-0.25, -0.2) is 5.43 Å². The predicted octanol–water partition coefficient (Wildman–Crippen LogP) is 2.41. The van der Waals surface area contributed by atoms with Crippen LogP contribution in [0.2, 0.25) is 0 Å². The van der Waals surface area contributed by atoms with Crippen LogP contribution >= 0.6 is 15.9 Å². The van der Waals surface area contributed by atoms with Crippen molar-refractivity contribution in [3.05, 3.63) is 58.3 Å². The molecule has 0 fully saturated rings. The van der Waals surface area contributed by atoms with Crippen molar-refractivity contribution in [1.29, 1.82) is 0 Å². The summed E-state index contributed by atoms with van der Waals surface area (Å²) in [6.07, 6.45) is 3.61. The van der Waals surface area contributed by atoms with Crippen molar-refractivity contribution in [3.63, 3.8) is 0 Å². The maximum Gasteiger partial charge on any atom is 0.340 e. The molecule has 1 aromatic carbocycles. The maximum absolute atomic E-state index is 12.4. The van der Waals surface area contributed by atoms with E-state index in [1.54, 1.807) is 42.7 Å². The molecule has 152 valence electrons. The number of carbonyl (C=O) groups excluding carboxylic acids is 3. The number of amides is 3. The molecule has 2 N–H and O–H groups in total. The third-order valence-corrected chi connectivity index (χ3v) is 4.88. The second-order valence-electron chi connectivity index (χ2n) is 6.39. The number of pyridine rings is 1. The molecule has 3 aromatic rings. The summed E-state index contributed by atoms with van der Waals surface area (Å²) in [6, 6.07) is 8.43. The van der Waals surface area contributed by atoms with Crippen LogP contribution in [0.4, 0.5) is 6.01 Å². The van der Waals surface area contributed by atoms with E-state index in [-0.39, 0.29) is 36.7 Å². The lowest BCUT2D eigenvalue weighted by molar-refractivity contribution is -0.120. The average molecular weight is 471 g/mol. The summed E-state index contributed by atoms with van der Waals surface area (Å²) in [6.45, 7) is 0.143. The zero-order valence-corrected chi connectivity index (χ0v) is 17.0. The summed E-state index contributed by atoms with van der Waals surface area (Å²) in [5.74, 6) is -0.704. The number of hydrogen-bond donors (Lipinski definition) is 2. The minimum absolute atomic E-state index is 0.0288. The molecule has 0 spiro atoms. The molecule has 11 heteroatoms. The number of nitrogens with zero attached hydrogens (tertiary/aromatic N) is 4. The number of halogens is 1. The third-order valence-electron chi connectivity index (χ3n) is 4.39. The average Bonchev–Trinajstić information content (AvgIpc) is 3.32. The molecule has 0 atom stereocenters. The Kier molecular flexibility index (Phi) is 5.53. The van der Waals surface area contributed by atoms with Gasteiger partial charge in [-0.2, -0.15) is 4.98 Å². The van der Waals surface area contributed by atoms with Gasteiger partial charge in [-0.1, -0.05) is 21.1 Å². The van der Waals surface area contributed by atoms with Gasteiger partial charge in [0.25, 0.3) is 11.8 Å². The van der Waals surface area contributed by atoms with Gasteiger partial charge in [-0.3, -0.25) is 29.7 Å². The standard InChI is InChI=1S/C19H15BrN6O4/c20-12-3-4-13-14(10-12)18(29)26(17(13)28)9-1-2-15(27)23-24-19-22-16(25-30-19)11-5-7-21-8-6-11/h3-8,10H,1-2,9H2,(H,23,27)(H,22,24,25). The fourth-order valence-electron chi connectivity index (χ4n) is 2.94. The number of benzene rings is 1. The zero-order chi connectivity index (χ0) is 21.1. The molecular formula is C19H15BrN6O4. The quantitative estimate of drug-likeness (QED) is 0.397. The van der Waals surface area contributed by atoms with E-state index in [0.29, 0.717) is 23.4 Å². The van der Waals surface area contributed by atoms with Gasteiger partial charge in [0.2, 0.25) is 11.7 Å². The van der Waals surface area contributed by atoms with Crippen molar-refractivity contribution < 1.29 is 18.9 Å². The van der Waals surface area contributed by atoms with Gasteiger partial charge in [-0.05, 0) is 36.8 Å². The van der Waals surface area contributed by atoms with Crippen LogP contribution in [0.1, 0.15) is 33.6 Å². The predicted molar refractivity (Wildman–Crippen MR) is 108 cm³/mol. The van der Waals surface area contributed by atoms with E-state index in [1.165, 1.54) is 0 Å². The molecule has 0 saturated carbocycles. The summed E-state index contributed by atoms with van der Waals surface area (Å²) in [5.41, 5.74) is 6.44. The van der Waals surface area contributed by atoms with Crippen LogP contribution in [0.5, 0.6) is 0 Å². The zero-order valence-electron chi connectivity index (χ0n) is 15.5. The number of anilines is 1. The van der Waals surface area contributed by atoms with E-state index in [4.69, 9.17) is 4.52 Å². The van der Waals surface area contributed by atoms with E-state index in [2.05, 4.69) is 41.9 Å². The number of hydrogen-bond acceptors (Lipinski definition) is 8. The van der Waals surface area contributed by atoms with Gasteiger partial charge >= 0.3 is 6.01 Å². The second kappa shape index (κ2) is 8.41. The normalized spacial score (nSPS) is 12.8. The molecule has 10 nitrogen and oxygen atoms in total. The molecule has 0 aliphatic carbocycles. The lowest BCUT2D eigenvalue weighted by atomic mass is 10.1. The van der Waals surface area contributed by atoms with Gasteiger partial charge in [0.15, 0.2) is 0 Å². The molecule has 0 unspecified atom stereocenters. The Balaban J connectivity index is 1.25. The van der Waals surface area contributed by atoms with Crippen LogP contribution in [0.3, 0.4) is 0 Å². The number of fused-ring (bicyclic) bond motifs is 1. The smallest absolute Gasteiger partial charge is 0.313 e. The van der Waals surface area contributed by atoms with Gasteiger partial charge < -0.3 is 4.52 Å². The maximum atomic E-state index is 12.4. The first-order valence-electron chi connectivity index (χ1n) is 8.97. The van der Waals surface area contributed by atoms with E-state index in [1.807, 2.05) is 0 Å². The molecule has 4 rings (SSSR count). The highest BCUT2D eigenvalue weighted by molar-refractivity contribution is 9.10. The fourth-order valence-corrected chi connectivity index (χ4v) is 3.30. The van der Waals surface area contributed by atoms with E-state index in [0.717, 1.165) is 14.9 Å². The Labute approximate surface area is 178 Å². The molecular weight excluding hydrogens is 456 g/mol. The Morgan fingerprint density at radius 3 is 2.67 bits per heavy atom. The Morgan fingerprint density at radius 2 is 1.87 bits per heavy atom. The van der Waals surface area contributed by atoms with Crippen molar-refractivity contribution in [2.24, 2.45) is 0 Å². The van der Waals surface area contributed by atoms with Crippen molar-refractivity contribution in [3.8, 4) is 11.4 Å². The van der Waals surface area contributed by atoms with Crippen LogP contribution in [0.15, 0.2) is 51.7 Å². The fraction of sp³-hybridized carbons (Fsp3) is 0.158. The topological polar surface area (TPSA) is 130 Å². The first-order chi connectivity index (χ1) is 14.5. The van der Waals surface area contributed by atoms with E-state index in [9.17, 15) is 14.4 Å². The van der Waals surface area contributed by atoms with Gasteiger partial charge in [0.1, 0.15) is 0 Å². The number of rotatable bonds is 7. The van der Waals surface area contributed by atoms with Crippen molar-refractivity contribution in [2.45, 2.75) is 12.8 Å². The molecule has 1 aliphatic rings. The van der Waals surface area contributed by atoms with Crippen LogP contribution < -0.4 is 10.9 Å². The second-order valence-corrected chi connectivity index (χ2v) is 7.30. The van der Waals surface area contributed by atoms with Crippen LogP contribution in [-0.4, -0.2) is 44.3 Å². The Bertz CT molecular complexity index is 1120. The number of hydrazine groups is 1. The van der Waals surface area contributed by atoms with Crippen LogP contribution in [-0.2, 0) is 4.79 Å². The van der Waals surface area contributed by atoms with Crippen molar-refractivity contribution >= 4 is 39.7 Å². The van der Waals surface area contributed by atoms with Gasteiger partial charge in [-0.15, -0.1) is 0 Å². The first-order valence-corrected chi connectivity index (χ1v) is 9.77. The van der Waals surface area contributed by atoms with Gasteiger partial charge in [0, 0.05) is 35.4 Å². The van der Waals surface area contributed by atoms with Crippen LogP contribution in [0.25, 0.3) is 11.4 Å². The first kappa shape index (κ1) is 19.7. The summed E-state index contributed by atoms with van der Waals surface area (Å²) in [4.78, 5) is 46.0. The summed E-state index contributed by atoms with van der Waals surface area (Å²) < 4.78 is 5.74. The summed E-state index contributed by atoms with van der Waals surface area (Å²) in [5, 5.41) is 3.81. The highest BCUT2D eigenvalue weighted by Crippen LogP contribution is 2.26. The number of imide groups is 1. The SMILES string of the molecule is O=C(CCCN1C(=O)c2ccc(Br)cc2C1=O)NNc1nc(-c2ccncc2)no1. The largest absolute Gasteiger partial charge is 0.340 e. The van der Waals surface area contributed by atoms with Gasteiger partial charge in [0.05, 0.1) is 11.1 Å². The molecule has 1 aliphatic heterocycles. The molecule has 0 radical (unpaired) electrons. The summed E-state index contributed by atoms with van der Waals surface area (Å²) >= 11 is 3.29. The molecule has 3 amide bonds. The molecule has 3 heterocycles.